The van der Waals surface area contributed by atoms with E-state index in [9.17, 15) is 9.59 Å². The number of likely N-dealkylation sites (tertiary alicyclic amines) is 1. The highest BCUT2D eigenvalue weighted by molar-refractivity contribution is 5.94. The lowest BCUT2D eigenvalue weighted by Crippen LogP contribution is -2.45. The summed E-state index contributed by atoms with van der Waals surface area (Å²) in [4.78, 5) is 28.4. The summed E-state index contributed by atoms with van der Waals surface area (Å²) < 4.78 is 10.6. The van der Waals surface area contributed by atoms with Gasteiger partial charge in [-0.2, -0.15) is 0 Å². The number of amides is 2. The molecule has 0 N–H and O–H groups in total. The van der Waals surface area contributed by atoms with E-state index >= 15 is 0 Å². The van der Waals surface area contributed by atoms with Crippen LogP contribution in [0.4, 0.5) is 4.79 Å². The van der Waals surface area contributed by atoms with Crippen LogP contribution < -0.4 is 4.74 Å². The summed E-state index contributed by atoms with van der Waals surface area (Å²) in [6.45, 7) is 7.53. The van der Waals surface area contributed by atoms with E-state index in [1.807, 2.05) is 37.8 Å². The van der Waals surface area contributed by atoms with Crippen LogP contribution in [-0.2, 0) is 4.74 Å². The van der Waals surface area contributed by atoms with Gasteiger partial charge in [0.25, 0.3) is 5.91 Å². The van der Waals surface area contributed by atoms with E-state index in [4.69, 9.17) is 9.47 Å². The largest absolute Gasteiger partial charge is 0.497 e. The molecule has 26 heavy (non-hydrogen) atoms. The van der Waals surface area contributed by atoms with Crippen LogP contribution in [0.2, 0.25) is 0 Å². The molecule has 0 aromatic heterocycles. The van der Waals surface area contributed by atoms with E-state index in [1.54, 1.807) is 31.2 Å². The molecule has 0 saturated carbocycles. The number of hydrogen-bond acceptors (Lipinski definition) is 4. The second-order valence-corrected chi connectivity index (χ2v) is 7.85. The number of rotatable bonds is 4. The number of benzene rings is 1. The molecular formula is C20H30N2O4. The number of piperidine rings is 1. The molecule has 1 aliphatic rings. The quantitative estimate of drug-likeness (QED) is 0.823. The molecule has 0 aliphatic carbocycles. The van der Waals surface area contributed by atoms with Crippen molar-refractivity contribution in [2.45, 2.75) is 39.2 Å². The van der Waals surface area contributed by atoms with Crippen LogP contribution in [0.25, 0.3) is 0 Å². The fourth-order valence-corrected chi connectivity index (χ4v) is 3.14. The third-order valence-electron chi connectivity index (χ3n) is 4.36. The smallest absolute Gasteiger partial charge is 0.410 e. The van der Waals surface area contributed by atoms with Gasteiger partial charge in [0.15, 0.2) is 0 Å². The lowest BCUT2D eigenvalue weighted by Gasteiger charge is -2.35. The molecule has 2 amide bonds. The predicted molar refractivity (Wildman–Crippen MR) is 100 cm³/mol. The maximum atomic E-state index is 12.8. The standard InChI is InChI=1S/C20H30N2O4/c1-20(2,3)26-19(24)21(4)13-15-8-7-11-22(14-15)18(23)16-9-6-10-17(12-16)25-5/h6,9-10,12,15H,7-8,11,13-14H2,1-5H3/t15-/m1/s1. The Morgan fingerprint density at radius 1 is 1.31 bits per heavy atom. The Hall–Kier alpha value is -2.24. The predicted octanol–water partition coefficient (Wildman–Crippen LogP) is 3.41. The highest BCUT2D eigenvalue weighted by Crippen LogP contribution is 2.22. The van der Waals surface area contributed by atoms with Crippen LogP contribution in [0.1, 0.15) is 44.0 Å². The Kier molecular flexibility index (Phi) is 6.51. The third kappa shape index (κ3) is 5.64. The van der Waals surface area contributed by atoms with Crippen LogP contribution in [0.15, 0.2) is 24.3 Å². The molecule has 1 atom stereocenters. The van der Waals surface area contributed by atoms with Crippen molar-refractivity contribution < 1.29 is 19.1 Å². The van der Waals surface area contributed by atoms with E-state index < -0.39 is 5.60 Å². The monoisotopic (exact) mass is 362 g/mol. The molecule has 0 radical (unpaired) electrons. The maximum Gasteiger partial charge on any atom is 0.410 e. The Morgan fingerprint density at radius 3 is 2.69 bits per heavy atom. The first-order valence-corrected chi connectivity index (χ1v) is 9.07. The van der Waals surface area contributed by atoms with Gasteiger partial charge in [-0.05, 0) is 57.7 Å². The zero-order valence-corrected chi connectivity index (χ0v) is 16.4. The minimum absolute atomic E-state index is 0.00789. The van der Waals surface area contributed by atoms with Gasteiger partial charge < -0.3 is 19.3 Å². The van der Waals surface area contributed by atoms with Crippen molar-refractivity contribution in [3.8, 4) is 5.75 Å². The van der Waals surface area contributed by atoms with Crippen LogP contribution in [0.5, 0.6) is 5.75 Å². The number of methoxy groups -OCH3 is 1. The molecule has 1 fully saturated rings. The molecule has 0 unspecified atom stereocenters. The van der Waals surface area contributed by atoms with Crippen molar-refractivity contribution in [3.05, 3.63) is 29.8 Å². The molecule has 1 aromatic carbocycles. The normalized spacial score (nSPS) is 17.6. The highest BCUT2D eigenvalue weighted by atomic mass is 16.6. The highest BCUT2D eigenvalue weighted by Gasteiger charge is 2.28. The molecule has 6 nitrogen and oxygen atoms in total. The molecule has 0 spiro atoms. The summed E-state index contributed by atoms with van der Waals surface area (Å²) in [7, 11) is 3.34. The van der Waals surface area contributed by atoms with Gasteiger partial charge in [0.1, 0.15) is 11.4 Å². The summed E-state index contributed by atoms with van der Waals surface area (Å²) in [6.07, 6.45) is 1.60. The van der Waals surface area contributed by atoms with Crippen LogP contribution in [0.3, 0.4) is 0 Å². The molecule has 2 rings (SSSR count). The summed E-state index contributed by atoms with van der Waals surface area (Å²) in [5.41, 5.74) is 0.122. The second kappa shape index (κ2) is 8.43. The molecule has 1 saturated heterocycles. The van der Waals surface area contributed by atoms with Gasteiger partial charge in [-0.3, -0.25) is 4.79 Å². The zero-order valence-electron chi connectivity index (χ0n) is 16.4. The van der Waals surface area contributed by atoms with Gasteiger partial charge in [-0.1, -0.05) is 6.07 Å². The first kappa shape index (κ1) is 20.1. The maximum absolute atomic E-state index is 12.8. The fourth-order valence-electron chi connectivity index (χ4n) is 3.14. The molecule has 1 aromatic rings. The Morgan fingerprint density at radius 2 is 2.04 bits per heavy atom. The number of hydrogen-bond donors (Lipinski definition) is 0. The molecule has 0 bridgehead atoms. The van der Waals surface area contributed by atoms with Crippen LogP contribution in [-0.4, -0.2) is 61.2 Å². The van der Waals surface area contributed by atoms with Gasteiger partial charge >= 0.3 is 6.09 Å². The van der Waals surface area contributed by atoms with Crippen molar-refractivity contribution in [1.29, 1.82) is 0 Å². The van der Waals surface area contributed by atoms with E-state index in [1.165, 1.54) is 0 Å². The van der Waals surface area contributed by atoms with Crippen LogP contribution >= 0.6 is 0 Å². The van der Waals surface area contributed by atoms with Crippen molar-refractivity contribution >= 4 is 12.0 Å². The van der Waals surface area contributed by atoms with Crippen molar-refractivity contribution in [2.75, 3.05) is 33.8 Å². The minimum Gasteiger partial charge on any atom is -0.497 e. The van der Waals surface area contributed by atoms with Gasteiger partial charge in [0.05, 0.1) is 7.11 Å². The molecular weight excluding hydrogens is 332 g/mol. The second-order valence-electron chi connectivity index (χ2n) is 7.85. The van der Waals surface area contributed by atoms with E-state index in [2.05, 4.69) is 0 Å². The first-order valence-electron chi connectivity index (χ1n) is 9.07. The molecule has 1 aliphatic heterocycles. The summed E-state index contributed by atoms with van der Waals surface area (Å²) in [6, 6.07) is 7.22. The first-order chi connectivity index (χ1) is 12.2. The average Bonchev–Trinajstić information content (AvgIpc) is 2.60. The van der Waals surface area contributed by atoms with E-state index in [-0.39, 0.29) is 17.9 Å². The van der Waals surface area contributed by atoms with Gasteiger partial charge in [-0.15, -0.1) is 0 Å². The Balaban J connectivity index is 1.95. The number of carbonyl (C=O) groups is 2. The number of ether oxygens (including phenoxy) is 2. The van der Waals surface area contributed by atoms with Crippen molar-refractivity contribution in [2.24, 2.45) is 5.92 Å². The zero-order chi connectivity index (χ0) is 19.3. The summed E-state index contributed by atoms with van der Waals surface area (Å²) >= 11 is 0. The fraction of sp³-hybridized carbons (Fsp3) is 0.600. The van der Waals surface area contributed by atoms with Crippen molar-refractivity contribution in [1.82, 2.24) is 9.80 Å². The average molecular weight is 362 g/mol. The van der Waals surface area contributed by atoms with Gasteiger partial charge in [0.2, 0.25) is 0 Å². The topological polar surface area (TPSA) is 59.1 Å². The third-order valence-corrected chi connectivity index (χ3v) is 4.36. The van der Waals surface area contributed by atoms with E-state index in [0.29, 0.717) is 24.4 Å². The van der Waals surface area contributed by atoms with Gasteiger partial charge in [0, 0.05) is 32.2 Å². The lowest BCUT2D eigenvalue weighted by atomic mass is 9.97. The number of carbonyl (C=O) groups excluding carboxylic acids is 2. The molecule has 6 heteroatoms. The molecule has 1 heterocycles. The summed E-state index contributed by atoms with van der Waals surface area (Å²) in [5, 5.41) is 0. The van der Waals surface area contributed by atoms with E-state index in [0.717, 1.165) is 19.4 Å². The summed E-state index contributed by atoms with van der Waals surface area (Å²) in [5.74, 6) is 0.929. The Labute approximate surface area is 156 Å². The number of nitrogens with zero attached hydrogens (tertiary/aromatic N) is 2. The minimum atomic E-state index is -0.508. The molecule has 144 valence electrons. The van der Waals surface area contributed by atoms with Crippen molar-refractivity contribution in [3.63, 3.8) is 0 Å². The van der Waals surface area contributed by atoms with Gasteiger partial charge in [-0.25, -0.2) is 4.79 Å². The lowest BCUT2D eigenvalue weighted by molar-refractivity contribution is 0.0244. The van der Waals surface area contributed by atoms with Crippen LogP contribution in [0, 0.1) is 5.92 Å². The Bertz CT molecular complexity index is 639. The SMILES string of the molecule is COc1cccc(C(=O)N2CCC[C@H](CN(C)C(=O)OC(C)(C)C)C2)c1.